The average molecular weight is 446 g/mol. The van der Waals surface area contributed by atoms with Crippen LogP contribution in [-0.2, 0) is 10.2 Å². The van der Waals surface area contributed by atoms with Crippen LogP contribution < -0.4 is 14.8 Å². The zero-order valence-corrected chi connectivity index (χ0v) is 18.0. The second-order valence-corrected chi connectivity index (χ2v) is 7.85. The first-order valence-corrected chi connectivity index (χ1v) is 10.2. The number of nitrogens with one attached hydrogen (secondary N) is 1. The van der Waals surface area contributed by atoms with Crippen LogP contribution in [0.2, 0.25) is 0 Å². The molecule has 1 saturated heterocycles. The fourth-order valence-electron chi connectivity index (χ4n) is 3.94. The highest BCUT2D eigenvalue weighted by Gasteiger charge is 2.30. The van der Waals surface area contributed by atoms with Crippen LogP contribution in [0, 0.1) is 0 Å². The van der Waals surface area contributed by atoms with E-state index in [4.69, 9.17) is 9.47 Å². The third kappa shape index (κ3) is 3.97. The fourth-order valence-corrected chi connectivity index (χ4v) is 3.94. The van der Waals surface area contributed by atoms with Crippen molar-refractivity contribution in [2.45, 2.75) is 31.8 Å². The van der Waals surface area contributed by atoms with E-state index in [0.717, 1.165) is 18.4 Å². The van der Waals surface area contributed by atoms with Crippen molar-refractivity contribution in [2.75, 3.05) is 27.4 Å². The second-order valence-electron chi connectivity index (χ2n) is 7.85. The van der Waals surface area contributed by atoms with Crippen LogP contribution >= 0.6 is 0 Å². The highest BCUT2D eigenvalue weighted by atomic mass is 19.3. The van der Waals surface area contributed by atoms with E-state index in [1.54, 1.807) is 16.8 Å². The predicted molar refractivity (Wildman–Crippen MR) is 112 cm³/mol. The number of alkyl halides is 2. The molecule has 0 spiro atoms. The van der Waals surface area contributed by atoms with Gasteiger partial charge in [0.05, 0.1) is 13.3 Å². The fraction of sp³-hybridized carbons (Fsp3) is 0.409. The number of rotatable bonds is 6. The molecule has 170 valence electrons. The van der Waals surface area contributed by atoms with E-state index < -0.39 is 12.5 Å². The normalized spacial score (nSPS) is 15.7. The summed E-state index contributed by atoms with van der Waals surface area (Å²) in [5.74, 6) is -0.793. The number of nitrogens with zero attached hydrogens (tertiary/aromatic N) is 3. The molecule has 0 bridgehead atoms. The molecule has 1 amide bonds. The predicted octanol–water partition coefficient (Wildman–Crippen LogP) is 3.43. The van der Waals surface area contributed by atoms with Gasteiger partial charge in [-0.15, -0.1) is 0 Å². The van der Waals surface area contributed by atoms with Crippen molar-refractivity contribution in [1.29, 1.82) is 0 Å². The summed E-state index contributed by atoms with van der Waals surface area (Å²) in [4.78, 5) is 16.9. The monoisotopic (exact) mass is 446 g/mol. The second kappa shape index (κ2) is 8.70. The Bertz CT molecular complexity index is 1140. The molecule has 1 N–H and O–H groups in total. The number of benzene rings is 1. The average Bonchev–Trinajstić information content (AvgIpc) is 3.21. The van der Waals surface area contributed by atoms with Crippen molar-refractivity contribution in [2.24, 2.45) is 0 Å². The molecular weight excluding hydrogens is 422 g/mol. The summed E-state index contributed by atoms with van der Waals surface area (Å²) in [6.45, 7) is 0.467. The molecule has 3 aromatic rings. The summed E-state index contributed by atoms with van der Waals surface area (Å²) in [6, 6.07) is 2.95. The first-order chi connectivity index (χ1) is 15.4. The number of fused-ring (bicyclic) bond motifs is 1. The van der Waals surface area contributed by atoms with E-state index in [1.807, 2.05) is 12.4 Å². The molecule has 2 aromatic heterocycles. The molecular formula is C22H24F2N4O4. The number of aromatic nitrogens is 3. The van der Waals surface area contributed by atoms with Crippen molar-refractivity contribution in [1.82, 2.24) is 19.9 Å². The highest BCUT2D eigenvalue weighted by molar-refractivity contribution is 6.00. The lowest BCUT2D eigenvalue weighted by Crippen LogP contribution is -2.31. The van der Waals surface area contributed by atoms with Crippen LogP contribution in [0.5, 0.6) is 11.5 Å². The third-order valence-corrected chi connectivity index (χ3v) is 5.92. The Labute approximate surface area is 183 Å². The Morgan fingerprint density at radius 2 is 1.97 bits per heavy atom. The topological polar surface area (TPSA) is 87.0 Å². The Morgan fingerprint density at radius 1 is 1.25 bits per heavy atom. The quantitative estimate of drug-likeness (QED) is 0.624. The van der Waals surface area contributed by atoms with Gasteiger partial charge in [0.2, 0.25) is 0 Å². The Balaban J connectivity index is 1.80. The van der Waals surface area contributed by atoms with Crippen LogP contribution in [-0.4, -0.2) is 54.5 Å². The number of halogens is 2. The standard InChI is InChI=1S/C22H24F2N4O4/c1-22(4-6-31-7-5-22)14-10-26-19-15(11-27-28(19)12-14)13-8-16(30-3)18(20(29)25-2)17(9-13)32-21(23)24/h8-12,21H,4-7H2,1-3H3,(H,25,29). The molecule has 32 heavy (non-hydrogen) atoms. The van der Waals surface area contributed by atoms with Gasteiger partial charge in [-0.1, -0.05) is 6.92 Å². The van der Waals surface area contributed by atoms with Gasteiger partial charge in [-0.2, -0.15) is 13.9 Å². The number of hydrogen-bond donors (Lipinski definition) is 1. The lowest BCUT2D eigenvalue weighted by atomic mass is 9.77. The molecule has 1 aliphatic heterocycles. The lowest BCUT2D eigenvalue weighted by Gasteiger charge is -2.33. The molecule has 4 rings (SSSR count). The molecule has 3 heterocycles. The first kappa shape index (κ1) is 21.9. The van der Waals surface area contributed by atoms with Gasteiger partial charge in [-0.25, -0.2) is 9.50 Å². The van der Waals surface area contributed by atoms with Gasteiger partial charge in [0, 0.05) is 38.2 Å². The van der Waals surface area contributed by atoms with Crippen LogP contribution in [0.1, 0.15) is 35.7 Å². The largest absolute Gasteiger partial charge is 0.496 e. The van der Waals surface area contributed by atoms with E-state index in [9.17, 15) is 13.6 Å². The molecule has 0 saturated carbocycles. The molecule has 1 aromatic carbocycles. The summed E-state index contributed by atoms with van der Waals surface area (Å²) in [7, 11) is 2.75. The van der Waals surface area contributed by atoms with Gasteiger partial charge in [-0.3, -0.25) is 4.79 Å². The minimum atomic E-state index is -3.11. The number of hydrogen-bond acceptors (Lipinski definition) is 6. The van der Waals surface area contributed by atoms with E-state index in [1.165, 1.54) is 20.2 Å². The van der Waals surface area contributed by atoms with Gasteiger partial charge >= 0.3 is 6.61 Å². The zero-order chi connectivity index (χ0) is 22.9. The summed E-state index contributed by atoms with van der Waals surface area (Å²) in [6.07, 6.45) is 7.13. The summed E-state index contributed by atoms with van der Waals surface area (Å²) in [5, 5.41) is 6.83. The molecule has 0 atom stereocenters. The van der Waals surface area contributed by atoms with Crippen molar-refractivity contribution in [3.63, 3.8) is 0 Å². The van der Waals surface area contributed by atoms with E-state index in [-0.39, 0.29) is 22.5 Å². The number of carbonyl (C=O) groups is 1. The van der Waals surface area contributed by atoms with Gasteiger partial charge in [0.25, 0.3) is 5.91 Å². The van der Waals surface area contributed by atoms with Gasteiger partial charge in [0.15, 0.2) is 5.65 Å². The number of carbonyl (C=O) groups excluding carboxylic acids is 1. The van der Waals surface area contributed by atoms with Gasteiger partial charge < -0.3 is 19.5 Å². The SMILES string of the molecule is CNC(=O)c1c(OC)cc(-c2cnn3cc(C4(C)CCOCC4)cnc23)cc1OC(F)F. The van der Waals surface area contributed by atoms with Crippen LogP contribution in [0.3, 0.4) is 0 Å². The summed E-state index contributed by atoms with van der Waals surface area (Å²) in [5.41, 5.74) is 2.51. The Kier molecular flexibility index (Phi) is 5.96. The Morgan fingerprint density at radius 3 is 2.62 bits per heavy atom. The molecule has 0 aliphatic carbocycles. The van der Waals surface area contributed by atoms with Crippen molar-refractivity contribution in [3.8, 4) is 22.6 Å². The third-order valence-electron chi connectivity index (χ3n) is 5.92. The van der Waals surface area contributed by atoms with Gasteiger partial charge in [0.1, 0.15) is 17.1 Å². The Hall–Kier alpha value is -3.27. The number of methoxy groups -OCH3 is 1. The molecule has 8 nitrogen and oxygen atoms in total. The van der Waals surface area contributed by atoms with E-state index in [2.05, 4.69) is 27.1 Å². The van der Waals surface area contributed by atoms with Crippen molar-refractivity contribution >= 4 is 11.6 Å². The van der Waals surface area contributed by atoms with Crippen LogP contribution in [0.15, 0.2) is 30.7 Å². The molecule has 1 aliphatic rings. The molecule has 0 radical (unpaired) electrons. The van der Waals surface area contributed by atoms with Crippen LogP contribution in [0.4, 0.5) is 8.78 Å². The van der Waals surface area contributed by atoms with Gasteiger partial charge in [-0.05, 0) is 41.5 Å². The molecule has 1 fully saturated rings. The first-order valence-electron chi connectivity index (χ1n) is 10.2. The number of amides is 1. The zero-order valence-electron chi connectivity index (χ0n) is 18.0. The smallest absolute Gasteiger partial charge is 0.387 e. The van der Waals surface area contributed by atoms with Crippen LogP contribution in [0.25, 0.3) is 16.8 Å². The lowest BCUT2D eigenvalue weighted by molar-refractivity contribution is -0.0502. The van der Waals surface area contributed by atoms with E-state index >= 15 is 0 Å². The van der Waals surface area contributed by atoms with Crippen molar-refractivity contribution < 1.29 is 27.8 Å². The molecule has 0 unspecified atom stereocenters. The minimum Gasteiger partial charge on any atom is -0.496 e. The van der Waals surface area contributed by atoms with E-state index in [0.29, 0.717) is 30.0 Å². The van der Waals surface area contributed by atoms with Crippen molar-refractivity contribution in [3.05, 3.63) is 41.9 Å². The maximum absolute atomic E-state index is 13.1. The molecule has 10 heteroatoms. The summed E-state index contributed by atoms with van der Waals surface area (Å²) < 4.78 is 43.2. The maximum Gasteiger partial charge on any atom is 0.387 e. The maximum atomic E-state index is 13.1. The number of ether oxygens (including phenoxy) is 3. The minimum absolute atomic E-state index is 0.0534. The summed E-state index contributed by atoms with van der Waals surface area (Å²) >= 11 is 0. The highest BCUT2D eigenvalue weighted by Crippen LogP contribution is 2.38.